The summed E-state index contributed by atoms with van der Waals surface area (Å²) in [6, 6.07) is 26.0. The largest absolute Gasteiger partial charge is 0.309 e. The molecule has 1 N–H and O–H groups in total. The van der Waals surface area contributed by atoms with E-state index in [9.17, 15) is 13.2 Å². The topological polar surface area (TPSA) is 81.1 Å². The minimum atomic E-state index is -3.30. The Morgan fingerprint density at radius 3 is 2.03 bits per heavy atom. The molecule has 1 aliphatic rings. The number of fused-ring (bicyclic) bond motifs is 1. The zero-order valence-electron chi connectivity index (χ0n) is 17.5. The molecule has 5 rings (SSSR count). The van der Waals surface area contributed by atoms with Gasteiger partial charge in [0.1, 0.15) is 5.82 Å². The first-order valence-corrected chi connectivity index (χ1v) is 12.6. The van der Waals surface area contributed by atoms with Gasteiger partial charge in [0, 0.05) is 10.6 Å². The van der Waals surface area contributed by atoms with Crippen LogP contribution in [0.3, 0.4) is 0 Å². The number of halogens is 1. The van der Waals surface area contributed by atoms with Crippen molar-refractivity contribution in [3.63, 3.8) is 0 Å². The zero-order chi connectivity index (χ0) is 23.0. The maximum absolute atomic E-state index is 13.7. The lowest BCUT2D eigenvalue weighted by Crippen LogP contribution is -2.24. The Morgan fingerprint density at radius 1 is 0.879 bits per heavy atom. The van der Waals surface area contributed by atoms with Gasteiger partial charge >= 0.3 is 0 Å². The van der Waals surface area contributed by atoms with Gasteiger partial charge in [-0.15, -0.1) is 0 Å². The minimum absolute atomic E-state index is 0.146. The quantitative estimate of drug-likeness (QED) is 0.450. The Hall–Kier alpha value is -3.42. The molecule has 0 fully saturated rings. The summed E-state index contributed by atoms with van der Waals surface area (Å²) in [7, 11) is -3.30. The molecule has 0 spiro atoms. The van der Waals surface area contributed by atoms with Crippen LogP contribution in [0.5, 0.6) is 0 Å². The number of benzene rings is 3. The monoisotopic (exact) mass is 477 g/mol. The molecule has 4 aromatic rings. The molecule has 2 heterocycles. The van der Waals surface area contributed by atoms with Crippen molar-refractivity contribution in [2.75, 3.05) is 5.32 Å². The SMILES string of the molecule is O=C(Nc1c2c(nn1-c1ccc(Cl)cc1)CS(=O)(=O)C2)C(c1ccccc1)c1ccccc1. The van der Waals surface area contributed by atoms with E-state index in [2.05, 4.69) is 10.4 Å². The van der Waals surface area contributed by atoms with Crippen LogP contribution >= 0.6 is 11.6 Å². The van der Waals surface area contributed by atoms with E-state index in [-0.39, 0.29) is 17.4 Å². The van der Waals surface area contributed by atoms with Crippen molar-refractivity contribution < 1.29 is 13.2 Å². The van der Waals surface area contributed by atoms with Crippen molar-refractivity contribution in [3.05, 3.63) is 112 Å². The molecule has 0 unspecified atom stereocenters. The predicted molar refractivity (Wildman–Crippen MR) is 128 cm³/mol. The average molecular weight is 478 g/mol. The molecule has 8 heteroatoms. The summed E-state index contributed by atoms with van der Waals surface area (Å²) in [6.07, 6.45) is 0. The van der Waals surface area contributed by atoms with Gasteiger partial charge in [0.2, 0.25) is 5.91 Å². The van der Waals surface area contributed by atoms with Crippen LogP contribution in [0.25, 0.3) is 5.69 Å². The average Bonchev–Trinajstić information content (AvgIpc) is 3.28. The number of sulfone groups is 1. The van der Waals surface area contributed by atoms with Crippen LogP contribution < -0.4 is 5.32 Å². The Bertz CT molecular complexity index is 1380. The van der Waals surface area contributed by atoms with Crippen LogP contribution in [0.1, 0.15) is 28.3 Å². The Labute approximate surface area is 196 Å². The van der Waals surface area contributed by atoms with Crippen molar-refractivity contribution in [3.8, 4) is 5.69 Å². The summed E-state index contributed by atoms with van der Waals surface area (Å²) in [5.74, 6) is -0.779. The van der Waals surface area contributed by atoms with E-state index in [1.54, 1.807) is 28.9 Å². The summed E-state index contributed by atoms with van der Waals surface area (Å²) >= 11 is 6.03. The molecule has 0 saturated heterocycles. The van der Waals surface area contributed by atoms with Crippen molar-refractivity contribution in [1.29, 1.82) is 0 Å². The molecule has 6 nitrogen and oxygen atoms in total. The number of nitrogens with one attached hydrogen (secondary N) is 1. The third kappa shape index (κ3) is 4.29. The molecule has 1 amide bonds. The molecule has 0 saturated carbocycles. The molecule has 3 aromatic carbocycles. The number of hydrogen-bond donors (Lipinski definition) is 1. The van der Waals surface area contributed by atoms with Gasteiger partial charge in [-0.05, 0) is 35.4 Å². The first-order chi connectivity index (χ1) is 15.9. The maximum atomic E-state index is 13.7. The summed E-state index contributed by atoms with van der Waals surface area (Å²) < 4.78 is 26.1. The molecule has 0 radical (unpaired) electrons. The van der Waals surface area contributed by atoms with Gasteiger partial charge in [-0.25, -0.2) is 13.1 Å². The molecule has 0 aliphatic carbocycles. The van der Waals surface area contributed by atoms with Crippen LogP contribution in [-0.4, -0.2) is 24.1 Å². The fourth-order valence-corrected chi connectivity index (χ4v) is 5.73. The minimum Gasteiger partial charge on any atom is -0.309 e. The molecule has 166 valence electrons. The summed E-state index contributed by atoms with van der Waals surface area (Å²) in [4.78, 5) is 13.7. The van der Waals surface area contributed by atoms with Gasteiger partial charge in [0.25, 0.3) is 0 Å². The lowest BCUT2D eigenvalue weighted by molar-refractivity contribution is -0.116. The van der Waals surface area contributed by atoms with Crippen LogP contribution in [0.15, 0.2) is 84.9 Å². The van der Waals surface area contributed by atoms with Gasteiger partial charge in [-0.3, -0.25) is 4.79 Å². The van der Waals surface area contributed by atoms with Gasteiger partial charge < -0.3 is 5.32 Å². The number of carbonyl (C=O) groups is 1. The molecule has 0 atom stereocenters. The molecule has 0 bridgehead atoms. The number of carbonyl (C=O) groups excluding carboxylic acids is 1. The fraction of sp³-hybridized carbons (Fsp3) is 0.120. The zero-order valence-corrected chi connectivity index (χ0v) is 19.1. The molecule has 33 heavy (non-hydrogen) atoms. The highest BCUT2D eigenvalue weighted by molar-refractivity contribution is 7.90. The van der Waals surface area contributed by atoms with E-state index in [0.717, 1.165) is 11.1 Å². The highest BCUT2D eigenvalue weighted by Crippen LogP contribution is 2.35. The highest BCUT2D eigenvalue weighted by Gasteiger charge is 2.34. The second-order valence-electron chi connectivity index (χ2n) is 7.94. The molecule has 1 aromatic heterocycles. The van der Waals surface area contributed by atoms with Crippen LogP contribution in [0, 0.1) is 0 Å². The second-order valence-corrected chi connectivity index (χ2v) is 10.4. The summed E-state index contributed by atoms with van der Waals surface area (Å²) in [6.45, 7) is 0. The number of amides is 1. The first-order valence-electron chi connectivity index (χ1n) is 10.4. The molecular formula is C25H20ClN3O3S. The van der Waals surface area contributed by atoms with E-state index >= 15 is 0 Å². The van der Waals surface area contributed by atoms with Crippen LogP contribution in [-0.2, 0) is 26.1 Å². The standard InChI is InChI=1S/C25H20ClN3O3S/c26-19-11-13-20(14-12-19)29-24(21-15-33(31,32)16-22(21)28-29)27-25(30)23(17-7-3-1-4-8-17)18-9-5-2-6-10-18/h1-14,23H,15-16H2,(H,27,30). The Morgan fingerprint density at radius 2 is 1.45 bits per heavy atom. The third-order valence-electron chi connectivity index (χ3n) is 5.63. The first kappa shape index (κ1) is 21.4. The van der Waals surface area contributed by atoms with Crippen LogP contribution in [0.2, 0.25) is 5.02 Å². The normalized spacial score (nSPS) is 14.2. The number of rotatable bonds is 5. The van der Waals surface area contributed by atoms with E-state index in [0.29, 0.717) is 27.8 Å². The van der Waals surface area contributed by atoms with E-state index in [4.69, 9.17) is 11.6 Å². The smallest absolute Gasteiger partial charge is 0.237 e. The van der Waals surface area contributed by atoms with Gasteiger partial charge in [0.15, 0.2) is 9.84 Å². The third-order valence-corrected chi connectivity index (χ3v) is 7.32. The van der Waals surface area contributed by atoms with Crippen molar-refractivity contribution >= 4 is 33.2 Å². The lowest BCUT2D eigenvalue weighted by Gasteiger charge is -2.19. The number of anilines is 1. The van der Waals surface area contributed by atoms with E-state index in [1.165, 1.54) is 0 Å². The van der Waals surface area contributed by atoms with Crippen LogP contribution in [0.4, 0.5) is 5.82 Å². The second kappa shape index (κ2) is 8.50. The maximum Gasteiger partial charge on any atom is 0.237 e. The Balaban J connectivity index is 1.59. The summed E-state index contributed by atoms with van der Waals surface area (Å²) in [5, 5.41) is 8.10. The lowest BCUT2D eigenvalue weighted by atomic mass is 9.90. The fourth-order valence-electron chi connectivity index (χ4n) is 4.12. The highest BCUT2D eigenvalue weighted by atomic mass is 35.5. The number of nitrogens with zero attached hydrogens (tertiary/aromatic N) is 2. The predicted octanol–water partition coefficient (Wildman–Crippen LogP) is 4.72. The van der Waals surface area contributed by atoms with Crippen molar-refractivity contribution in [2.45, 2.75) is 17.4 Å². The van der Waals surface area contributed by atoms with Crippen molar-refractivity contribution in [2.24, 2.45) is 0 Å². The van der Waals surface area contributed by atoms with Crippen molar-refractivity contribution in [1.82, 2.24) is 9.78 Å². The number of aromatic nitrogens is 2. The number of hydrogen-bond acceptors (Lipinski definition) is 4. The van der Waals surface area contributed by atoms with E-state index < -0.39 is 15.8 Å². The van der Waals surface area contributed by atoms with Gasteiger partial charge in [0.05, 0.1) is 28.8 Å². The van der Waals surface area contributed by atoms with E-state index in [1.807, 2.05) is 60.7 Å². The van der Waals surface area contributed by atoms with Gasteiger partial charge in [-0.1, -0.05) is 72.3 Å². The molecular weight excluding hydrogens is 458 g/mol. The Kier molecular flexibility index (Phi) is 5.52. The molecule has 1 aliphatic heterocycles. The van der Waals surface area contributed by atoms with Gasteiger partial charge in [-0.2, -0.15) is 5.10 Å². The summed E-state index contributed by atoms with van der Waals surface area (Å²) in [5.41, 5.74) is 3.33.